The smallest absolute Gasteiger partial charge is 0.322 e. The molecule has 0 atom stereocenters. The maximum Gasteiger partial charge on any atom is 0.322 e. The number of amides is 2. The third kappa shape index (κ3) is 3.78. The molecule has 6 heteroatoms. The van der Waals surface area contributed by atoms with Gasteiger partial charge in [0.05, 0.1) is 12.8 Å². The van der Waals surface area contributed by atoms with Crippen molar-refractivity contribution in [1.82, 2.24) is 9.88 Å². The number of urea groups is 1. The van der Waals surface area contributed by atoms with Gasteiger partial charge >= 0.3 is 6.03 Å². The molecule has 0 aliphatic carbocycles. The van der Waals surface area contributed by atoms with Gasteiger partial charge in [-0.1, -0.05) is 12.1 Å². The van der Waals surface area contributed by atoms with E-state index in [2.05, 4.69) is 10.3 Å². The van der Waals surface area contributed by atoms with Gasteiger partial charge in [-0.05, 0) is 31.2 Å². The minimum atomic E-state index is -0.153. The number of nitrogens with one attached hydrogen (secondary N) is 1. The highest BCUT2D eigenvalue weighted by Crippen LogP contribution is 2.24. The summed E-state index contributed by atoms with van der Waals surface area (Å²) in [7, 11) is 0. The lowest BCUT2D eigenvalue weighted by molar-refractivity contribution is 0.207. The molecule has 0 aliphatic rings. The Kier molecular flexibility index (Phi) is 4.73. The van der Waals surface area contributed by atoms with E-state index < -0.39 is 0 Å². The minimum absolute atomic E-state index is 0.153. The van der Waals surface area contributed by atoms with Crippen LogP contribution >= 0.6 is 11.3 Å². The van der Waals surface area contributed by atoms with Gasteiger partial charge in [-0.25, -0.2) is 9.78 Å². The maximum atomic E-state index is 12.4. The first-order valence-electron chi connectivity index (χ1n) is 7.34. The molecule has 0 saturated carbocycles. The highest BCUT2D eigenvalue weighted by Gasteiger charge is 2.14. The van der Waals surface area contributed by atoms with Crippen LogP contribution in [0, 0.1) is 0 Å². The van der Waals surface area contributed by atoms with E-state index in [4.69, 9.17) is 4.42 Å². The van der Waals surface area contributed by atoms with Gasteiger partial charge in [0.25, 0.3) is 0 Å². The third-order valence-corrected chi connectivity index (χ3v) is 4.21. The number of thiazole rings is 1. The predicted octanol–water partition coefficient (Wildman–Crippen LogP) is 4.46. The molecule has 0 spiro atoms. The molecular weight excluding hydrogens is 310 g/mol. The number of furan rings is 1. The van der Waals surface area contributed by atoms with Crippen LogP contribution in [0.3, 0.4) is 0 Å². The van der Waals surface area contributed by atoms with Gasteiger partial charge in [0, 0.05) is 29.4 Å². The molecule has 1 N–H and O–H groups in total. The van der Waals surface area contributed by atoms with Gasteiger partial charge in [-0.2, -0.15) is 0 Å². The second-order valence-corrected chi connectivity index (χ2v) is 5.84. The number of anilines is 1. The van der Waals surface area contributed by atoms with Crippen LogP contribution in [-0.4, -0.2) is 22.5 Å². The Balaban J connectivity index is 1.70. The Labute approximate surface area is 138 Å². The molecule has 2 aromatic heterocycles. The lowest BCUT2D eigenvalue weighted by atomic mass is 10.2. The van der Waals surface area contributed by atoms with Crippen LogP contribution in [0.2, 0.25) is 0 Å². The molecule has 0 unspecified atom stereocenters. The standard InChI is InChI=1S/C17H17N3O2S/c1-2-20(12-15-7-4-9-22-15)17(21)19-14-6-3-5-13(11-14)16-18-8-10-23-16/h3-11H,2,12H2,1H3,(H,19,21). The number of hydrogen-bond acceptors (Lipinski definition) is 4. The van der Waals surface area contributed by atoms with E-state index in [1.165, 1.54) is 0 Å². The molecule has 5 nitrogen and oxygen atoms in total. The lowest BCUT2D eigenvalue weighted by Crippen LogP contribution is -2.34. The Bertz CT molecular complexity index is 754. The van der Waals surface area contributed by atoms with Crippen LogP contribution < -0.4 is 5.32 Å². The Morgan fingerprint density at radius 3 is 2.96 bits per heavy atom. The monoisotopic (exact) mass is 327 g/mol. The molecule has 0 saturated heterocycles. The van der Waals surface area contributed by atoms with E-state index in [0.29, 0.717) is 13.1 Å². The summed E-state index contributed by atoms with van der Waals surface area (Å²) < 4.78 is 5.31. The van der Waals surface area contributed by atoms with Crippen LogP contribution in [0.4, 0.5) is 10.5 Å². The molecule has 0 aliphatic heterocycles. The zero-order valence-electron chi connectivity index (χ0n) is 12.7. The largest absolute Gasteiger partial charge is 0.467 e. The zero-order chi connectivity index (χ0) is 16.1. The van der Waals surface area contributed by atoms with Crippen molar-refractivity contribution < 1.29 is 9.21 Å². The SMILES string of the molecule is CCN(Cc1ccco1)C(=O)Nc1cccc(-c2nccs2)c1. The second kappa shape index (κ2) is 7.11. The van der Waals surface area contributed by atoms with Crippen LogP contribution in [0.25, 0.3) is 10.6 Å². The van der Waals surface area contributed by atoms with E-state index in [1.54, 1.807) is 28.7 Å². The molecule has 0 radical (unpaired) electrons. The summed E-state index contributed by atoms with van der Waals surface area (Å²) in [6, 6.07) is 11.2. The molecule has 2 amide bonds. The van der Waals surface area contributed by atoms with Crippen molar-refractivity contribution in [3.63, 3.8) is 0 Å². The normalized spacial score (nSPS) is 10.5. The van der Waals surface area contributed by atoms with E-state index in [0.717, 1.165) is 22.0 Å². The highest BCUT2D eigenvalue weighted by atomic mass is 32.1. The summed E-state index contributed by atoms with van der Waals surface area (Å²) in [6.45, 7) is 2.98. The van der Waals surface area contributed by atoms with Crippen molar-refractivity contribution in [2.45, 2.75) is 13.5 Å². The second-order valence-electron chi connectivity index (χ2n) is 4.94. The number of hydrogen-bond donors (Lipinski definition) is 1. The molecule has 118 valence electrons. The molecule has 0 fully saturated rings. The van der Waals surface area contributed by atoms with E-state index in [9.17, 15) is 4.79 Å². The number of aromatic nitrogens is 1. The summed E-state index contributed by atoms with van der Waals surface area (Å²) in [5.41, 5.74) is 1.74. The Morgan fingerprint density at radius 1 is 1.35 bits per heavy atom. The highest BCUT2D eigenvalue weighted by molar-refractivity contribution is 7.13. The molecule has 2 heterocycles. The first kappa shape index (κ1) is 15.3. The summed E-state index contributed by atoms with van der Waals surface area (Å²) >= 11 is 1.57. The number of nitrogens with zero attached hydrogens (tertiary/aromatic N) is 2. The van der Waals surface area contributed by atoms with E-state index >= 15 is 0 Å². The van der Waals surface area contributed by atoms with Gasteiger partial charge in [0.15, 0.2) is 0 Å². The first-order valence-corrected chi connectivity index (χ1v) is 8.22. The average Bonchev–Trinajstić information content (AvgIpc) is 3.26. The van der Waals surface area contributed by atoms with Gasteiger partial charge < -0.3 is 14.6 Å². The van der Waals surface area contributed by atoms with Gasteiger partial charge in [0.2, 0.25) is 0 Å². The molecule has 23 heavy (non-hydrogen) atoms. The van der Waals surface area contributed by atoms with Gasteiger partial charge in [0.1, 0.15) is 10.8 Å². The number of rotatable bonds is 5. The van der Waals surface area contributed by atoms with Crippen LogP contribution in [-0.2, 0) is 6.54 Å². The van der Waals surface area contributed by atoms with Gasteiger partial charge in [-0.3, -0.25) is 0 Å². The summed E-state index contributed by atoms with van der Waals surface area (Å²) in [5.74, 6) is 0.763. The average molecular weight is 327 g/mol. The predicted molar refractivity (Wildman–Crippen MR) is 91.4 cm³/mol. The van der Waals surface area contributed by atoms with Crippen molar-refractivity contribution >= 4 is 23.1 Å². The van der Waals surface area contributed by atoms with Crippen LogP contribution in [0.15, 0.2) is 58.7 Å². The fourth-order valence-electron chi connectivity index (χ4n) is 2.22. The molecule has 3 rings (SSSR count). The quantitative estimate of drug-likeness (QED) is 0.753. The van der Waals surface area contributed by atoms with Crippen molar-refractivity contribution in [1.29, 1.82) is 0 Å². The van der Waals surface area contributed by atoms with Crippen LogP contribution in [0.5, 0.6) is 0 Å². The fraction of sp³-hybridized carbons (Fsp3) is 0.176. The number of benzene rings is 1. The Hall–Kier alpha value is -2.60. The van der Waals surface area contributed by atoms with Gasteiger partial charge in [-0.15, -0.1) is 11.3 Å². The lowest BCUT2D eigenvalue weighted by Gasteiger charge is -2.20. The van der Waals surface area contributed by atoms with Crippen molar-refractivity contribution in [3.8, 4) is 10.6 Å². The zero-order valence-corrected chi connectivity index (χ0v) is 13.5. The van der Waals surface area contributed by atoms with Crippen LogP contribution in [0.1, 0.15) is 12.7 Å². The topological polar surface area (TPSA) is 58.4 Å². The molecule has 3 aromatic rings. The fourth-order valence-corrected chi connectivity index (χ4v) is 2.85. The number of carbonyl (C=O) groups is 1. The van der Waals surface area contributed by atoms with Crippen molar-refractivity contribution in [2.75, 3.05) is 11.9 Å². The van der Waals surface area contributed by atoms with E-state index in [1.807, 2.05) is 48.7 Å². The summed E-state index contributed by atoms with van der Waals surface area (Å²) in [4.78, 5) is 18.4. The molecule has 0 bridgehead atoms. The molecule has 1 aromatic carbocycles. The summed E-state index contributed by atoms with van der Waals surface area (Å²) in [5, 5.41) is 5.80. The maximum absolute atomic E-state index is 12.4. The molecular formula is C17H17N3O2S. The van der Waals surface area contributed by atoms with Crippen molar-refractivity contribution in [2.24, 2.45) is 0 Å². The summed E-state index contributed by atoms with van der Waals surface area (Å²) in [6.07, 6.45) is 3.38. The third-order valence-electron chi connectivity index (χ3n) is 3.39. The van der Waals surface area contributed by atoms with E-state index in [-0.39, 0.29) is 6.03 Å². The number of carbonyl (C=O) groups excluding carboxylic acids is 1. The Morgan fingerprint density at radius 2 is 2.26 bits per heavy atom. The first-order chi connectivity index (χ1) is 11.3. The van der Waals surface area contributed by atoms with Crippen molar-refractivity contribution in [3.05, 3.63) is 60.0 Å². The minimum Gasteiger partial charge on any atom is -0.467 e.